The van der Waals surface area contributed by atoms with E-state index in [0.717, 1.165) is 0 Å². The molecule has 0 bridgehead atoms. The van der Waals surface area contributed by atoms with Gasteiger partial charge in [-0.3, -0.25) is 9.13 Å². The van der Waals surface area contributed by atoms with Gasteiger partial charge in [0, 0.05) is 19.0 Å². The minimum absolute atomic E-state index is 0.141. The average molecular weight is 326 g/mol. The number of hydrogen-bond acceptors (Lipinski definition) is 2. The van der Waals surface area contributed by atoms with Gasteiger partial charge in [0.05, 0.1) is 32.3 Å². The molecule has 0 rings (SSSR count). The maximum Gasteiger partial charge on any atom is 0.325 e. The first-order chi connectivity index (χ1) is 9.24. The summed E-state index contributed by atoms with van der Waals surface area (Å²) in [6.45, 7) is 10.0. The first-order valence-corrected chi connectivity index (χ1v) is 9.94. The van der Waals surface area contributed by atoms with Gasteiger partial charge in [-0.2, -0.15) is 0 Å². The first-order valence-electron chi connectivity index (χ1n) is 6.58. The summed E-state index contributed by atoms with van der Waals surface area (Å²) >= 11 is 0. The molecule has 0 aromatic carbocycles. The van der Waals surface area contributed by atoms with Gasteiger partial charge in [0.15, 0.2) is 8.03 Å². The standard InChI is InChI=1S/C12H25NO5P2/c1-3-7-13(8-4-2,9-5-11-19(14)15)10-6-12-20(16,17)18/h3-4,19H,1-2,5-12H2,(H2-,14,15,16,17,18)/p+1. The Balaban J connectivity index is 4.63. The number of rotatable bonds is 12. The Hall–Kier alpha value is -0.220. The van der Waals surface area contributed by atoms with E-state index < -0.39 is 15.6 Å². The van der Waals surface area contributed by atoms with Crippen LogP contribution in [0.2, 0.25) is 0 Å². The van der Waals surface area contributed by atoms with Gasteiger partial charge in [-0.1, -0.05) is 13.2 Å². The molecular formula is C12H26NO5P2+. The van der Waals surface area contributed by atoms with Crippen LogP contribution in [-0.2, 0) is 9.13 Å². The second kappa shape index (κ2) is 9.67. The average Bonchev–Trinajstić information content (AvgIpc) is 2.27. The van der Waals surface area contributed by atoms with Crippen LogP contribution in [0.1, 0.15) is 12.8 Å². The van der Waals surface area contributed by atoms with E-state index in [9.17, 15) is 9.13 Å². The maximum absolute atomic E-state index is 10.9. The van der Waals surface area contributed by atoms with Crippen molar-refractivity contribution in [3.63, 3.8) is 0 Å². The highest BCUT2D eigenvalue weighted by Crippen LogP contribution is 2.35. The Morgan fingerprint density at radius 3 is 2.00 bits per heavy atom. The van der Waals surface area contributed by atoms with Crippen molar-refractivity contribution in [2.75, 3.05) is 38.5 Å². The highest BCUT2D eigenvalue weighted by atomic mass is 31.2. The van der Waals surface area contributed by atoms with Gasteiger partial charge in [0.1, 0.15) is 0 Å². The Bertz CT molecular complexity index is 370. The van der Waals surface area contributed by atoms with Gasteiger partial charge < -0.3 is 19.2 Å². The summed E-state index contributed by atoms with van der Waals surface area (Å²) in [5.41, 5.74) is 0. The molecular weight excluding hydrogens is 300 g/mol. The molecule has 0 aliphatic rings. The molecule has 20 heavy (non-hydrogen) atoms. The molecule has 0 saturated carbocycles. The molecule has 0 aliphatic heterocycles. The molecule has 1 unspecified atom stereocenters. The molecule has 6 nitrogen and oxygen atoms in total. The topological polar surface area (TPSA) is 94.8 Å². The second-order valence-corrected chi connectivity index (χ2v) is 8.03. The zero-order chi connectivity index (χ0) is 15.6. The monoisotopic (exact) mass is 326 g/mol. The lowest BCUT2D eigenvalue weighted by Gasteiger charge is -2.37. The summed E-state index contributed by atoms with van der Waals surface area (Å²) in [4.78, 5) is 26.7. The summed E-state index contributed by atoms with van der Waals surface area (Å²) in [5.74, 6) is 0. The van der Waals surface area contributed by atoms with Crippen molar-refractivity contribution in [1.29, 1.82) is 0 Å². The van der Waals surface area contributed by atoms with Gasteiger partial charge in [-0.05, 0) is 12.2 Å². The van der Waals surface area contributed by atoms with E-state index >= 15 is 0 Å². The van der Waals surface area contributed by atoms with Crippen molar-refractivity contribution in [1.82, 2.24) is 0 Å². The fraction of sp³-hybridized carbons (Fsp3) is 0.667. The van der Waals surface area contributed by atoms with Crippen LogP contribution in [0.5, 0.6) is 0 Å². The predicted molar refractivity (Wildman–Crippen MR) is 82.4 cm³/mol. The Labute approximate surface area is 121 Å². The van der Waals surface area contributed by atoms with Crippen LogP contribution < -0.4 is 0 Å². The summed E-state index contributed by atoms with van der Waals surface area (Å²) < 4.78 is 22.3. The molecule has 0 fully saturated rings. The van der Waals surface area contributed by atoms with Gasteiger partial charge >= 0.3 is 7.60 Å². The lowest BCUT2D eigenvalue weighted by Crippen LogP contribution is -2.50. The van der Waals surface area contributed by atoms with Gasteiger partial charge in [-0.25, -0.2) is 0 Å². The zero-order valence-electron chi connectivity index (χ0n) is 11.8. The molecule has 3 N–H and O–H groups in total. The SMILES string of the molecule is C=CC[N+](CC=C)(CCC[PH](=O)O)CCCP(=O)(O)O. The summed E-state index contributed by atoms with van der Waals surface area (Å²) in [6.07, 6.45) is 4.67. The minimum Gasteiger partial charge on any atom is -0.346 e. The van der Waals surface area contributed by atoms with E-state index in [4.69, 9.17) is 14.7 Å². The van der Waals surface area contributed by atoms with Gasteiger partial charge in [0.25, 0.3) is 0 Å². The van der Waals surface area contributed by atoms with Crippen molar-refractivity contribution >= 4 is 15.6 Å². The highest BCUT2D eigenvalue weighted by Gasteiger charge is 2.25. The molecule has 8 heteroatoms. The molecule has 0 spiro atoms. The summed E-state index contributed by atoms with van der Waals surface area (Å²) in [5, 5.41) is 0. The molecule has 118 valence electrons. The number of quaternary nitrogens is 1. The van der Waals surface area contributed by atoms with Crippen molar-refractivity contribution in [2.24, 2.45) is 0 Å². The zero-order valence-corrected chi connectivity index (χ0v) is 13.7. The second-order valence-electron chi connectivity index (χ2n) is 4.97. The van der Waals surface area contributed by atoms with E-state index in [1.165, 1.54) is 0 Å². The van der Waals surface area contributed by atoms with Crippen LogP contribution in [0.25, 0.3) is 0 Å². The minimum atomic E-state index is -3.98. The lowest BCUT2D eigenvalue weighted by atomic mass is 10.2. The van der Waals surface area contributed by atoms with Crippen LogP contribution >= 0.6 is 15.6 Å². The van der Waals surface area contributed by atoms with Crippen molar-refractivity contribution < 1.29 is 28.3 Å². The Morgan fingerprint density at radius 1 is 1.10 bits per heavy atom. The fourth-order valence-corrected chi connectivity index (χ4v) is 3.29. The van der Waals surface area contributed by atoms with Crippen LogP contribution in [0.3, 0.4) is 0 Å². The van der Waals surface area contributed by atoms with Crippen LogP contribution in [0.4, 0.5) is 0 Å². The third-order valence-electron chi connectivity index (χ3n) is 3.14. The molecule has 1 atom stereocenters. The Kier molecular flexibility index (Phi) is 9.56. The van der Waals surface area contributed by atoms with Crippen LogP contribution in [0, 0.1) is 0 Å². The van der Waals surface area contributed by atoms with E-state index in [2.05, 4.69) is 13.2 Å². The smallest absolute Gasteiger partial charge is 0.325 e. The molecule has 0 amide bonds. The van der Waals surface area contributed by atoms with Crippen molar-refractivity contribution in [2.45, 2.75) is 12.8 Å². The quantitative estimate of drug-likeness (QED) is 0.288. The fourth-order valence-electron chi connectivity index (χ4n) is 2.28. The summed E-state index contributed by atoms with van der Waals surface area (Å²) in [6, 6.07) is 0. The van der Waals surface area contributed by atoms with E-state index in [1.807, 2.05) is 0 Å². The molecule has 0 heterocycles. The molecule has 0 saturated heterocycles. The van der Waals surface area contributed by atoms with Crippen LogP contribution in [-0.4, -0.2) is 57.7 Å². The molecule has 0 aliphatic carbocycles. The van der Waals surface area contributed by atoms with E-state index in [-0.39, 0.29) is 12.3 Å². The van der Waals surface area contributed by atoms with Gasteiger partial charge in [-0.15, -0.1) is 0 Å². The number of hydrogen-bond donors (Lipinski definition) is 3. The van der Waals surface area contributed by atoms with Gasteiger partial charge in [0.2, 0.25) is 0 Å². The normalized spacial score (nSPS) is 13.9. The molecule has 0 aromatic heterocycles. The maximum atomic E-state index is 10.9. The molecule has 0 aromatic rings. The first kappa shape index (κ1) is 19.8. The largest absolute Gasteiger partial charge is 0.346 e. The third-order valence-corrected chi connectivity index (χ3v) is 4.82. The Morgan fingerprint density at radius 2 is 1.60 bits per heavy atom. The van der Waals surface area contributed by atoms with Crippen molar-refractivity contribution in [3.05, 3.63) is 25.3 Å². The lowest BCUT2D eigenvalue weighted by molar-refractivity contribution is -0.917. The van der Waals surface area contributed by atoms with Crippen LogP contribution in [0.15, 0.2) is 25.3 Å². The summed E-state index contributed by atoms with van der Waals surface area (Å²) in [7, 11) is -6.44. The van der Waals surface area contributed by atoms with E-state index in [0.29, 0.717) is 43.5 Å². The predicted octanol–water partition coefficient (Wildman–Crippen LogP) is 1.60. The van der Waals surface area contributed by atoms with E-state index in [1.54, 1.807) is 12.2 Å². The molecule has 0 radical (unpaired) electrons. The number of nitrogens with zero attached hydrogens (tertiary/aromatic N) is 1. The third kappa shape index (κ3) is 9.65. The van der Waals surface area contributed by atoms with Crippen molar-refractivity contribution in [3.8, 4) is 0 Å². The highest BCUT2D eigenvalue weighted by molar-refractivity contribution is 7.51.